The molecule has 0 bridgehead atoms. The highest BCUT2D eigenvalue weighted by molar-refractivity contribution is 8.15. The monoisotopic (exact) mass is 506 g/mol. The summed E-state index contributed by atoms with van der Waals surface area (Å²) >= 11 is 1.35. The van der Waals surface area contributed by atoms with Crippen molar-refractivity contribution in [1.29, 1.82) is 0 Å². The van der Waals surface area contributed by atoms with Crippen LogP contribution < -0.4 is 32.9 Å². The second kappa shape index (κ2) is 10.9. The maximum absolute atomic E-state index is 13.4. The lowest BCUT2D eigenvalue weighted by Gasteiger charge is -2.26. The van der Waals surface area contributed by atoms with Crippen molar-refractivity contribution in [2.45, 2.75) is 11.8 Å². The number of thioether (sulfide) groups is 1. The highest BCUT2D eigenvalue weighted by Gasteiger charge is 2.47. The van der Waals surface area contributed by atoms with Crippen molar-refractivity contribution >= 4 is 40.1 Å². The number of hydrogen-bond acceptors (Lipinski definition) is 2. The summed E-state index contributed by atoms with van der Waals surface area (Å²) in [7, 11) is -2.13. The van der Waals surface area contributed by atoms with Crippen LogP contribution in [0.2, 0.25) is 0 Å². The van der Waals surface area contributed by atoms with Crippen LogP contribution in [0.1, 0.15) is 5.56 Å². The molecule has 0 fully saturated rings. The molecule has 0 aromatic heterocycles. The van der Waals surface area contributed by atoms with Gasteiger partial charge in [-0.2, -0.15) is 0 Å². The first-order valence-electron chi connectivity index (χ1n) is 10.0. The molecular formula is C27H24BrOPS. The second-order valence-corrected chi connectivity index (χ2v) is 11.9. The van der Waals surface area contributed by atoms with Gasteiger partial charge < -0.3 is 17.0 Å². The summed E-state index contributed by atoms with van der Waals surface area (Å²) in [6, 6.07) is 39.8. The number of hydrogen-bond donors (Lipinski definition) is 0. The molecule has 0 saturated carbocycles. The van der Waals surface area contributed by atoms with Crippen molar-refractivity contribution in [2.75, 3.05) is 6.16 Å². The van der Waals surface area contributed by atoms with Gasteiger partial charge in [0, 0.05) is 4.90 Å². The van der Waals surface area contributed by atoms with E-state index in [9.17, 15) is 4.79 Å². The van der Waals surface area contributed by atoms with Crippen molar-refractivity contribution in [3.63, 3.8) is 0 Å². The minimum absolute atomic E-state index is 0. The summed E-state index contributed by atoms with van der Waals surface area (Å²) in [6.07, 6.45) is 0.490. The first kappa shape index (κ1) is 23.5. The molecule has 1 nitrogen and oxygen atoms in total. The molecule has 4 aromatic carbocycles. The van der Waals surface area contributed by atoms with Crippen LogP contribution >= 0.6 is 19.0 Å². The van der Waals surface area contributed by atoms with E-state index in [1.54, 1.807) is 0 Å². The largest absolute Gasteiger partial charge is 1.00 e. The normalized spacial score (nSPS) is 10.9. The quantitative estimate of drug-likeness (QED) is 0.295. The number of benzene rings is 4. The molecular weight excluding hydrogens is 483 g/mol. The van der Waals surface area contributed by atoms with E-state index in [1.807, 2.05) is 30.3 Å². The lowest BCUT2D eigenvalue weighted by molar-refractivity contribution is -0.108. The molecule has 0 spiro atoms. The minimum atomic E-state index is -2.13. The summed E-state index contributed by atoms with van der Waals surface area (Å²) < 4.78 is 0. The van der Waals surface area contributed by atoms with Gasteiger partial charge in [-0.15, -0.1) is 0 Å². The molecule has 4 aromatic rings. The topological polar surface area (TPSA) is 17.1 Å². The molecule has 4 rings (SSSR count). The number of aryl methyl sites for hydroxylation is 1. The molecule has 0 saturated heterocycles. The van der Waals surface area contributed by atoms with E-state index in [0.717, 1.165) is 4.90 Å². The molecule has 4 heteroatoms. The fourth-order valence-corrected chi connectivity index (χ4v) is 8.98. The Balaban J connectivity index is 0.00000272. The smallest absolute Gasteiger partial charge is 0.231 e. The SMILES string of the molecule is Cc1ccc(SC(=O)C[P+](c2ccccc2)(c2ccccc2)c2ccccc2)cc1.[Br-]. The molecule has 0 aliphatic carbocycles. The third kappa shape index (κ3) is 5.36. The average Bonchev–Trinajstić information content (AvgIpc) is 2.81. The van der Waals surface area contributed by atoms with Crippen molar-refractivity contribution in [3.8, 4) is 0 Å². The first-order valence-corrected chi connectivity index (χ1v) is 12.8. The Kier molecular flexibility index (Phi) is 8.26. The van der Waals surface area contributed by atoms with Gasteiger partial charge in [0.2, 0.25) is 5.12 Å². The highest BCUT2D eigenvalue weighted by atomic mass is 79.9. The number of halogens is 1. The van der Waals surface area contributed by atoms with Gasteiger partial charge in [-0.1, -0.05) is 72.3 Å². The maximum Gasteiger partial charge on any atom is 0.231 e. The van der Waals surface area contributed by atoms with Gasteiger partial charge in [0.25, 0.3) is 0 Å². The van der Waals surface area contributed by atoms with E-state index in [-0.39, 0.29) is 22.1 Å². The van der Waals surface area contributed by atoms with Crippen LogP contribution in [0.5, 0.6) is 0 Å². The van der Waals surface area contributed by atoms with Crippen LogP contribution in [0.3, 0.4) is 0 Å². The summed E-state index contributed by atoms with van der Waals surface area (Å²) in [6.45, 7) is 2.06. The third-order valence-electron chi connectivity index (χ3n) is 5.21. The summed E-state index contributed by atoms with van der Waals surface area (Å²) in [5.74, 6) is 0. The summed E-state index contributed by atoms with van der Waals surface area (Å²) in [5, 5.41) is 3.91. The predicted molar refractivity (Wildman–Crippen MR) is 132 cm³/mol. The zero-order valence-corrected chi connectivity index (χ0v) is 20.6. The molecule has 0 amide bonds. The zero-order chi connectivity index (χ0) is 20.8. The van der Waals surface area contributed by atoms with E-state index < -0.39 is 7.26 Å². The first-order chi connectivity index (χ1) is 14.7. The number of carbonyl (C=O) groups excluding carboxylic acids is 1. The van der Waals surface area contributed by atoms with Crippen LogP contribution in [0.25, 0.3) is 0 Å². The molecule has 156 valence electrons. The molecule has 0 radical (unpaired) electrons. The van der Waals surface area contributed by atoms with Crippen LogP contribution in [0.15, 0.2) is 120 Å². The molecule has 31 heavy (non-hydrogen) atoms. The summed E-state index contributed by atoms with van der Waals surface area (Å²) in [4.78, 5) is 14.4. The van der Waals surface area contributed by atoms with Crippen molar-refractivity contribution in [1.82, 2.24) is 0 Å². The molecule has 0 heterocycles. The Hall–Kier alpha value is -2.19. The number of rotatable bonds is 6. The summed E-state index contributed by atoms with van der Waals surface area (Å²) in [5.41, 5.74) is 1.20. The van der Waals surface area contributed by atoms with Crippen molar-refractivity contribution < 1.29 is 21.8 Å². The molecule has 0 aliphatic heterocycles. The molecule has 0 N–H and O–H groups in total. The van der Waals surface area contributed by atoms with Gasteiger partial charge in [0.1, 0.15) is 29.3 Å². The fourth-order valence-electron chi connectivity index (χ4n) is 3.73. The third-order valence-corrected chi connectivity index (χ3v) is 10.6. The van der Waals surface area contributed by atoms with E-state index in [4.69, 9.17) is 0 Å². The Morgan fingerprint density at radius 2 is 1.03 bits per heavy atom. The van der Waals surface area contributed by atoms with Gasteiger partial charge in [-0.25, -0.2) is 0 Å². The Morgan fingerprint density at radius 3 is 1.42 bits per heavy atom. The Labute approximate surface area is 200 Å². The Morgan fingerprint density at radius 1 is 0.645 bits per heavy atom. The zero-order valence-electron chi connectivity index (χ0n) is 17.3. The lowest BCUT2D eigenvalue weighted by Crippen LogP contribution is -3.00. The number of carbonyl (C=O) groups is 1. The Bertz CT molecular complexity index is 1000. The minimum Gasteiger partial charge on any atom is -1.00 e. The standard InChI is InChI=1S/C27H24OPS.BrH/c1-22-17-19-26(20-18-22)30-27(28)21-29(23-11-5-2-6-12-23,24-13-7-3-8-14-24)25-15-9-4-10-16-25;/h2-20H,21H2,1H3;1H/q+1;/p-1. The highest BCUT2D eigenvalue weighted by Crippen LogP contribution is 2.56. The molecule has 0 unspecified atom stereocenters. The van der Waals surface area contributed by atoms with E-state index in [1.165, 1.54) is 33.2 Å². The van der Waals surface area contributed by atoms with E-state index in [2.05, 4.69) is 91.9 Å². The lowest BCUT2D eigenvalue weighted by atomic mass is 10.2. The van der Waals surface area contributed by atoms with Crippen molar-refractivity contribution in [2.24, 2.45) is 0 Å². The second-order valence-electron chi connectivity index (χ2n) is 7.26. The van der Waals surface area contributed by atoms with Crippen molar-refractivity contribution in [3.05, 3.63) is 121 Å². The predicted octanol–water partition coefficient (Wildman–Crippen LogP) is 2.61. The van der Waals surface area contributed by atoms with Crippen LogP contribution in [0.4, 0.5) is 0 Å². The van der Waals surface area contributed by atoms with Crippen LogP contribution in [-0.4, -0.2) is 11.3 Å². The van der Waals surface area contributed by atoms with Gasteiger partial charge in [-0.3, -0.25) is 4.79 Å². The fraction of sp³-hybridized carbons (Fsp3) is 0.0741. The average molecular weight is 507 g/mol. The van der Waals surface area contributed by atoms with Crippen LogP contribution in [0, 0.1) is 6.92 Å². The van der Waals surface area contributed by atoms with E-state index >= 15 is 0 Å². The van der Waals surface area contributed by atoms with Crippen LogP contribution in [-0.2, 0) is 4.79 Å². The molecule has 0 atom stereocenters. The maximum atomic E-state index is 13.4. The van der Waals surface area contributed by atoms with Gasteiger partial charge >= 0.3 is 0 Å². The van der Waals surface area contributed by atoms with Gasteiger partial charge in [0.15, 0.2) is 0 Å². The van der Waals surface area contributed by atoms with Gasteiger partial charge in [-0.05, 0) is 67.2 Å². The van der Waals surface area contributed by atoms with Gasteiger partial charge in [0.05, 0.1) is 0 Å². The van der Waals surface area contributed by atoms with E-state index in [0.29, 0.717) is 6.16 Å². The molecule has 0 aliphatic rings.